The van der Waals surface area contributed by atoms with Crippen molar-refractivity contribution in [1.29, 1.82) is 0 Å². The number of rotatable bonds is 9. The van der Waals surface area contributed by atoms with E-state index in [9.17, 15) is 18.7 Å². The number of benzene rings is 2. The average molecular weight is 587 g/mol. The predicted molar refractivity (Wildman–Crippen MR) is 165 cm³/mol. The maximum absolute atomic E-state index is 14.2. The van der Waals surface area contributed by atoms with Crippen molar-refractivity contribution < 1.29 is 23.2 Å². The van der Waals surface area contributed by atoms with Crippen molar-refractivity contribution >= 4 is 51.5 Å². The van der Waals surface area contributed by atoms with Gasteiger partial charge < -0.3 is 24.6 Å². The van der Waals surface area contributed by atoms with E-state index in [4.69, 9.17) is 4.52 Å². The van der Waals surface area contributed by atoms with E-state index < -0.39 is 22.8 Å². The van der Waals surface area contributed by atoms with Gasteiger partial charge in [0, 0.05) is 34.6 Å². The van der Waals surface area contributed by atoms with E-state index in [1.165, 1.54) is 6.26 Å². The number of carbonyl (C=O) groups is 1. The van der Waals surface area contributed by atoms with Gasteiger partial charge in [0.1, 0.15) is 16.9 Å². The Morgan fingerprint density at radius 3 is 2.50 bits per heavy atom. The van der Waals surface area contributed by atoms with Gasteiger partial charge in [0.15, 0.2) is 5.84 Å². The Balaban J connectivity index is 1.81. The van der Waals surface area contributed by atoms with Crippen LogP contribution in [0.5, 0.6) is 0 Å². The van der Waals surface area contributed by atoms with Crippen LogP contribution in [0, 0.1) is 5.41 Å². The van der Waals surface area contributed by atoms with Crippen LogP contribution in [-0.4, -0.2) is 56.8 Å². The summed E-state index contributed by atoms with van der Waals surface area (Å²) in [6.07, 6.45) is 2.57. The van der Waals surface area contributed by atoms with Crippen LogP contribution in [0.15, 0.2) is 64.6 Å². The Morgan fingerprint density at radius 2 is 1.90 bits per heavy atom. The molecule has 40 heavy (non-hydrogen) atoms. The molecule has 2 aromatic carbocycles. The van der Waals surface area contributed by atoms with Gasteiger partial charge in [0.05, 0.1) is 17.6 Å². The molecule has 0 saturated heterocycles. The van der Waals surface area contributed by atoms with Gasteiger partial charge in [-0.25, -0.2) is 4.21 Å². The molecule has 3 unspecified atom stereocenters. The fraction of sp³-hybridized carbons (Fsp3) is 0.414. The predicted octanol–water partition coefficient (Wildman–Crippen LogP) is 5.13. The molecule has 9 nitrogen and oxygen atoms in total. The first kappa shape index (κ1) is 29.9. The zero-order chi connectivity index (χ0) is 29.5. The number of fused-ring (bicyclic) bond motifs is 1. The molecule has 4 rings (SSSR count). The second-order valence-electron chi connectivity index (χ2n) is 11.8. The minimum absolute atomic E-state index is 0.00137. The second-order valence-corrected chi connectivity index (χ2v) is 16.0. The molecule has 0 spiro atoms. The summed E-state index contributed by atoms with van der Waals surface area (Å²) in [5.41, 5.74) is 0.734. The van der Waals surface area contributed by atoms with Crippen molar-refractivity contribution in [2.45, 2.75) is 53.0 Å². The molecule has 0 aliphatic carbocycles. The van der Waals surface area contributed by atoms with Crippen molar-refractivity contribution in [2.75, 3.05) is 29.4 Å². The number of hydrogen-bond donors (Lipinski definition) is 3. The summed E-state index contributed by atoms with van der Waals surface area (Å²) in [7, 11) is -6.45. The van der Waals surface area contributed by atoms with Gasteiger partial charge >= 0.3 is 7.52 Å². The molecule has 2 heterocycles. The zero-order valence-electron chi connectivity index (χ0n) is 24.0. The fourth-order valence-electron chi connectivity index (χ4n) is 4.95. The van der Waals surface area contributed by atoms with Gasteiger partial charge in [-0.05, 0) is 55.3 Å². The third-order valence-electron chi connectivity index (χ3n) is 6.94. The zero-order valence-corrected chi connectivity index (χ0v) is 25.7. The summed E-state index contributed by atoms with van der Waals surface area (Å²) in [5.74, 6) is 3.09. The van der Waals surface area contributed by atoms with E-state index >= 15 is 0 Å². The monoisotopic (exact) mass is 586 g/mol. The highest BCUT2D eigenvalue weighted by Crippen LogP contribution is 2.53. The first-order chi connectivity index (χ1) is 18.6. The van der Waals surface area contributed by atoms with Crippen molar-refractivity contribution in [3.8, 4) is 0 Å². The number of nitrogens with zero attached hydrogens (tertiary/aromatic N) is 2. The summed E-state index contributed by atoms with van der Waals surface area (Å²) >= 11 is 0. The lowest BCUT2D eigenvalue weighted by Crippen LogP contribution is -2.49. The maximum atomic E-state index is 14.2. The van der Waals surface area contributed by atoms with Crippen LogP contribution in [0.4, 0.5) is 11.4 Å². The fourth-order valence-corrected chi connectivity index (χ4v) is 7.38. The van der Waals surface area contributed by atoms with E-state index in [0.29, 0.717) is 30.8 Å². The molecule has 0 bridgehead atoms. The van der Waals surface area contributed by atoms with E-state index in [-0.39, 0.29) is 40.4 Å². The van der Waals surface area contributed by atoms with Crippen molar-refractivity contribution in [1.82, 2.24) is 4.90 Å². The van der Waals surface area contributed by atoms with Crippen molar-refractivity contribution in [3.63, 3.8) is 0 Å². The van der Waals surface area contributed by atoms with Crippen molar-refractivity contribution in [2.24, 2.45) is 10.2 Å². The van der Waals surface area contributed by atoms with Gasteiger partial charge in [0.2, 0.25) is 0 Å². The number of amides is 1. The quantitative estimate of drug-likeness (QED) is 0.277. The van der Waals surface area contributed by atoms with Gasteiger partial charge in [-0.2, -0.15) is 4.76 Å². The number of anilines is 2. The number of hydrogen-bond acceptors (Lipinski definition) is 6. The molecule has 0 saturated carbocycles. The molecular weight excluding hydrogens is 547 g/mol. The summed E-state index contributed by atoms with van der Waals surface area (Å²) in [5, 5.41) is 15.1. The Labute approximate surface area is 237 Å². The number of aliphatic hydroxyl groups is 1. The van der Waals surface area contributed by atoms with Crippen molar-refractivity contribution in [3.05, 3.63) is 65.4 Å². The van der Waals surface area contributed by atoms with Crippen LogP contribution in [0.2, 0.25) is 0 Å². The smallest absolute Gasteiger partial charge is 0.348 e. The van der Waals surface area contributed by atoms with Crippen LogP contribution >= 0.6 is 7.52 Å². The molecule has 2 aliphatic rings. The number of nitrogens with one attached hydrogen (secondary N) is 2. The first-order valence-corrected chi connectivity index (χ1v) is 16.9. The summed E-state index contributed by atoms with van der Waals surface area (Å²) in [6, 6.07) is 14.6. The third-order valence-corrected chi connectivity index (χ3v) is 9.66. The highest BCUT2D eigenvalue weighted by atomic mass is 32.2. The summed E-state index contributed by atoms with van der Waals surface area (Å²) < 4.78 is 39.3. The van der Waals surface area contributed by atoms with E-state index in [2.05, 4.69) is 41.4 Å². The SMILES string of the molecule is C=S(C)(=O)Nc1ccc2c(c1)P(=O)(OCC)N=C(C1=C(O)C(C)(Cc3ccccc3)N(CCC(C)(C)C)C1=O)N2. The lowest BCUT2D eigenvalue weighted by atomic mass is 9.88. The van der Waals surface area contributed by atoms with E-state index in [1.807, 2.05) is 37.3 Å². The Bertz CT molecular complexity index is 1530. The van der Waals surface area contributed by atoms with Crippen LogP contribution in [0.3, 0.4) is 0 Å². The molecule has 11 heteroatoms. The Morgan fingerprint density at radius 1 is 1.23 bits per heavy atom. The molecule has 3 N–H and O–H groups in total. The molecule has 0 fully saturated rings. The summed E-state index contributed by atoms with van der Waals surface area (Å²) in [4.78, 5) is 15.7. The van der Waals surface area contributed by atoms with E-state index in [1.54, 1.807) is 30.0 Å². The van der Waals surface area contributed by atoms with Gasteiger partial charge in [0.25, 0.3) is 5.91 Å². The molecular formula is C29H39N4O5PS. The molecule has 2 aromatic rings. The highest BCUT2D eigenvalue weighted by Gasteiger charge is 2.51. The number of amidine groups is 1. The molecule has 1 amide bonds. The number of carbonyl (C=O) groups excluding carboxylic acids is 1. The maximum Gasteiger partial charge on any atom is 0.348 e. The normalized spacial score (nSPS) is 24.3. The van der Waals surface area contributed by atoms with Crippen LogP contribution in [-0.2, 0) is 30.0 Å². The highest BCUT2D eigenvalue weighted by molar-refractivity contribution is 8.00. The molecule has 0 aromatic heterocycles. The van der Waals surface area contributed by atoms with Crippen LogP contribution in [0.1, 0.15) is 46.6 Å². The Kier molecular flexibility index (Phi) is 8.02. The van der Waals surface area contributed by atoms with Gasteiger partial charge in [-0.15, -0.1) is 0 Å². The van der Waals surface area contributed by atoms with E-state index in [0.717, 1.165) is 5.56 Å². The van der Waals surface area contributed by atoms with Crippen LogP contribution in [0.25, 0.3) is 0 Å². The number of aliphatic hydroxyl groups excluding tert-OH is 1. The van der Waals surface area contributed by atoms with Gasteiger partial charge in [-0.3, -0.25) is 9.36 Å². The minimum Gasteiger partial charge on any atom is -0.509 e. The van der Waals surface area contributed by atoms with Crippen LogP contribution < -0.4 is 15.3 Å². The third kappa shape index (κ3) is 6.14. The van der Waals surface area contributed by atoms with Gasteiger partial charge in [-0.1, -0.05) is 51.1 Å². The second kappa shape index (κ2) is 10.7. The summed E-state index contributed by atoms with van der Waals surface area (Å²) in [6.45, 7) is 10.4. The molecule has 3 atom stereocenters. The average Bonchev–Trinajstić information content (AvgIpc) is 3.01. The Hall–Kier alpha value is -3.07. The standard InChI is InChI=1S/C29H39N4O5PS/c1-8-38-39(36)23-18-21(32-40(6,7)37)14-15-22(23)30-26(31-39)24-25(34)29(5,19-20-12-10-9-11-13-20)33(27(24)35)17-16-28(2,3)4/h9-15,18,34H,6,8,16-17,19H2,1-5,7H3,(H,32,37)(H,30,31,36). The topological polar surface area (TPSA) is 120 Å². The molecule has 216 valence electrons. The lowest BCUT2D eigenvalue weighted by molar-refractivity contribution is -0.129. The molecule has 0 radical (unpaired) electrons. The minimum atomic E-state index is -3.87. The first-order valence-electron chi connectivity index (χ1n) is 13.2. The lowest BCUT2D eigenvalue weighted by Gasteiger charge is -2.37. The largest absolute Gasteiger partial charge is 0.509 e. The molecule has 2 aliphatic heterocycles.